The van der Waals surface area contributed by atoms with Crippen molar-refractivity contribution < 1.29 is 28.6 Å². The van der Waals surface area contributed by atoms with Crippen molar-refractivity contribution >= 4 is 13.4 Å². The van der Waals surface area contributed by atoms with E-state index in [-0.39, 0.29) is 29.3 Å². The first-order valence-electron chi connectivity index (χ1n) is 8.53. The highest BCUT2D eigenvalue weighted by molar-refractivity contribution is 7.53. The Morgan fingerprint density at radius 1 is 1.07 bits per heavy atom. The number of ether oxygens (including phenoxy) is 2. The van der Waals surface area contributed by atoms with Crippen molar-refractivity contribution in [2.75, 3.05) is 25.8 Å². The van der Waals surface area contributed by atoms with Crippen LogP contribution >= 0.6 is 7.60 Å². The summed E-state index contributed by atoms with van der Waals surface area (Å²) in [5, 5.41) is 13.2. The summed E-state index contributed by atoms with van der Waals surface area (Å²) in [4.78, 5) is 14.4. The van der Waals surface area contributed by atoms with Gasteiger partial charge in [0.1, 0.15) is 17.9 Å². The molecule has 2 aromatic rings. The highest BCUT2D eigenvalue weighted by Crippen LogP contribution is 2.53. The summed E-state index contributed by atoms with van der Waals surface area (Å²) in [5.74, 6) is 0.835. The van der Waals surface area contributed by atoms with Crippen LogP contribution in [-0.4, -0.2) is 35.5 Å². The Morgan fingerprint density at radius 3 is 2.11 bits per heavy atom. The molecule has 1 heterocycles. The fourth-order valence-corrected chi connectivity index (χ4v) is 3.72. The molecule has 0 fully saturated rings. The van der Waals surface area contributed by atoms with Crippen LogP contribution in [0.3, 0.4) is 0 Å². The molecule has 3 N–H and O–H groups in total. The molecular weight excluding hydrogens is 371 g/mol. The van der Waals surface area contributed by atoms with Crippen LogP contribution in [0.15, 0.2) is 24.4 Å². The molecule has 27 heavy (non-hydrogen) atoms. The maximum absolute atomic E-state index is 12.7. The largest absolute Gasteiger partial charge is 0.502 e. The third kappa shape index (κ3) is 4.64. The predicted molar refractivity (Wildman–Crippen MR) is 103 cm³/mol. The smallest absolute Gasteiger partial charge is 0.395 e. The van der Waals surface area contributed by atoms with Gasteiger partial charge >= 0.3 is 7.60 Å². The molecule has 1 aromatic heterocycles. The van der Waals surface area contributed by atoms with E-state index < -0.39 is 7.60 Å². The molecule has 0 aliphatic rings. The first-order valence-corrected chi connectivity index (χ1v) is 10.3. The zero-order valence-electron chi connectivity index (χ0n) is 15.9. The van der Waals surface area contributed by atoms with Gasteiger partial charge in [0, 0.05) is 17.3 Å². The minimum atomic E-state index is -4.08. The lowest BCUT2D eigenvalue weighted by atomic mass is 10.0. The summed E-state index contributed by atoms with van der Waals surface area (Å²) < 4.78 is 28.8. The molecule has 2 rings (SSSR count). The van der Waals surface area contributed by atoms with Crippen LogP contribution in [0.4, 0.5) is 5.82 Å². The SMILES string of the molecule is CCc1c(OC)c(O)c(OC)c(CC)c1OP(=O)(O)CNc1ccccn1. The molecule has 0 bridgehead atoms. The van der Waals surface area contributed by atoms with Crippen LogP contribution in [0.25, 0.3) is 0 Å². The number of benzene rings is 1. The van der Waals surface area contributed by atoms with Gasteiger partial charge < -0.3 is 29.3 Å². The zero-order chi connectivity index (χ0) is 20.0. The van der Waals surface area contributed by atoms with Crippen molar-refractivity contribution in [2.45, 2.75) is 26.7 Å². The van der Waals surface area contributed by atoms with Crippen molar-refractivity contribution in [2.24, 2.45) is 0 Å². The monoisotopic (exact) mass is 396 g/mol. The number of phenols is 1. The molecule has 0 radical (unpaired) electrons. The average Bonchev–Trinajstić information content (AvgIpc) is 2.67. The van der Waals surface area contributed by atoms with E-state index in [1.165, 1.54) is 14.2 Å². The number of aromatic nitrogens is 1. The van der Waals surface area contributed by atoms with E-state index in [9.17, 15) is 14.6 Å². The fraction of sp³-hybridized carbons (Fsp3) is 0.389. The van der Waals surface area contributed by atoms with Gasteiger partial charge in [0.25, 0.3) is 0 Å². The molecule has 0 saturated heterocycles. The lowest BCUT2D eigenvalue weighted by molar-refractivity contribution is 0.327. The lowest BCUT2D eigenvalue weighted by Crippen LogP contribution is -2.10. The van der Waals surface area contributed by atoms with E-state index in [1.807, 2.05) is 13.8 Å². The van der Waals surface area contributed by atoms with E-state index in [4.69, 9.17) is 14.0 Å². The van der Waals surface area contributed by atoms with E-state index in [0.29, 0.717) is 29.8 Å². The molecular formula is C18H25N2O6P. The van der Waals surface area contributed by atoms with E-state index in [2.05, 4.69) is 10.3 Å². The molecule has 0 saturated carbocycles. The Kier molecular flexibility index (Phi) is 6.93. The van der Waals surface area contributed by atoms with E-state index in [0.717, 1.165) is 0 Å². The van der Waals surface area contributed by atoms with Gasteiger partial charge in [-0.15, -0.1) is 0 Å². The van der Waals surface area contributed by atoms with Crippen molar-refractivity contribution in [1.29, 1.82) is 0 Å². The number of nitrogens with zero attached hydrogens (tertiary/aromatic N) is 1. The number of hydrogen-bond donors (Lipinski definition) is 3. The zero-order valence-corrected chi connectivity index (χ0v) is 16.7. The van der Waals surface area contributed by atoms with E-state index >= 15 is 0 Å². The number of rotatable bonds is 9. The Hall–Kier alpha value is -2.44. The Morgan fingerprint density at radius 2 is 1.67 bits per heavy atom. The highest BCUT2D eigenvalue weighted by atomic mass is 31.2. The maximum atomic E-state index is 12.7. The minimum Gasteiger partial charge on any atom is -0.502 e. The van der Waals surface area contributed by atoms with Crippen LogP contribution < -0.4 is 19.3 Å². The summed E-state index contributed by atoms with van der Waals surface area (Å²) in [5.41, 5.74) is 1.000. The third-order valence-electron chi connectivity index (χ3n) is 4.00. The maximum Gasteiger partial charge on any atom is 0.395 e. The van der Waals surface area contributed by atoms with Gasteiger partial charge in [-0.1, -0.05) is 19.9 Å². The van der Waals surface area contributed by atoms with Crippen molar-refractivity contribution in [3.8, 4) is 23.0 Å². The summed E-state index contributed by atoms with van der Waals surface area (Å²) >= 11 is 0. The number of aromatic hydroxyl groups is 1. The van der Waals surface area contributed by atoms with Crippen LogP contribution in [0.2, 0.25) is 0 Å². The molecule has 1 aromatic carbocycles. The molecule has 8 nitrogen and oxygen atoms in total. The van der Waals surface area contributed by atoms with Gasteiger partial charge in [-0.25, -0.2) is 9.55 Å². The number of pyridine rings is 1. The van der Waals surface area contributed by atoms with Crippen molar-refractivity contribution in [3.05, 3.63) is 35.5 Å². The van der Waals surface area contributed by atoms with Crippen molar-refractivity contribution in [1.82, 2.24) is 4.98 Å². The summed E-state index contributed by atoms with van der Waals surface area (Å²) in [6, 6.07) is 5.19. The molecule has 0 amide bonds. The molecule has 148 valence electrons. The van der Waals surface area contributed by atoms with Crippen LogP contribution in [0.1, 0.15) is 25.0 Å². The van der Waals surface area contributed by atoms with Crippen molar-refractivity contribution in [3.63, 3.8) is 0 Å². The number of nitrogens with one attached hydrogen (secondary N) is 1. The molecule has 1 atom stereocenters. The van der Waals surface area contributed by atoms with Gasteiger partial charge in [0.15, 0.2) is 11.5 Å². The highest BCUT2D eigenvalue weighted by Gasteiger charge is 2.30. The van der Waals surface area contributed by atoms with Crippen LogP contribution in [0, 0.1) is 0 Å². The Labute approximate surface area is 158 Å². The quantitative estimate of drug-likeness (QED) is 0.552. The summed E-state index contributed by atoms with van der Waals surface area (Å²) in [6.45, 7) is 3.68. The third-order valence-corrected chi connectivity index (χ3v) is 5.03. The first-order chi connectivity index (χ1) is 12.9. The van der Waals surface area contributed by atoms with Gasteiger partial charge in [-0.3, -0.25) is 0 Å². The van der Waals surface area contributed by atoms with Gasteiger partial charge in [0.05, 0.1) is 14.2 Å². The normalized spacial score (nSPS) is 12.9. The second-order valence-corrected chi connectivity index (χ2v) is 7.46. The lowest BCUT2D eigenvalue weighted by Gasteiger charge is -2.23. The standard InChI is InChI=1S/C18H25N2O6P/c1-5-12-16(13(6-2)18(25-4)15(21)17(12)24-3)26-27(22,23)11-20-14-9-7-8-10-19-14/h7-10,21H,5-6,11H2,1-4H3,(H,19,20)(H,22,23). The Balaban J connectivity index is 2.42. The number of anilines is 1. The number of hydrogen-bond acceptors (Lipinski definition) is 7. The van der Waals surface area contributed by atoms with E-state index in [1.54, 1.807) is 24.4 Å². The number of phenolic OH excluding ortho intramolecular Hbond substituents is 1. The second-order valence-electron chi connectivity index (χ2n) is 5.69. The molecule has 9 heteroatoms. The Bertz CT molecular complexity index is 795. The number of methoxy groups -OCH3 is 2. The van der Waals surface area contributed by atoms with Crippen LogP contribution in [-0.2, 0) is 17.4 Å². The van der Waals surface area contributed by atoms with Crippen LogP contribution in [0.5, 0.6) is 23.0 Å². The van der Waals surface area contributed by atoms with Gasteiger partial charge in [0.2, 0.25) is 5.75 Å². The minimum absolute atomic E-state index is 0.152. The fourth-order valence-electron chi connectivity index (χ4n) is 2.79. The molecule has 0 aliphatic carbocycles. The molecule has 1 unspecified atom stereocenters. The molecule has 0 aliphatic heterocycles. The second kappa shape index (κ2) is 8.97. The summed E-state index contributed by atoms with van der Waals surface area (Å²) in [6.07, 6.45) is 2.10. The molecule has 0 spiro atoms. The first kappa shape index (κ1) is 20.9. The summed E-state index contributed by atoms with van der Waals surface area (Å²) in [7, 11) is -1.27. The predicted octanol–water partition coefficient (Wildman–Crippen LogP) is 3.56. The van der Waals surface area contributed by atoms with Gasteiger partial charge in [-0.2, -0.15) is 0 Å². The topological polar surface area (TPSA) is 110 Å². The van der Waals surface area contributed by atoms with Gasteiger partial charge in [-0.05, 0) is 25.0 Å². The average molecular weight is 396 g/mol.